The number of carbonyl (C=O) groups is 4. The Balaban J connectivity index is 5.25. The minimum absolute atomic E-state index is 0.103. The minimum atomic E-state index is -4.95. The Morgan fingerprint density at radius 1 is 0.310 bits per heavy atom. The maximum atomic E-state index is 13.0. The van der Waals surface area contributed by atoms with Crippen molar-refractivity contribution >= 4 is 39.5 Å². The van der Waals surface area contributed by atoms with Gasteiger partial charge in [-0.2, -0.15) is 0 Å². The quantitative estimate of drug-likeness (QED) is 0.0222. The number of hydrogen-bond donors (Lipinski definition) is 3. The van der Waals surface area contributed by atoms with Crippen LogP contribution in [0.2, 0.25) is 0 Å². The third-order valence-electron chi connectivity index (χ3n) is 15.6. The highest BCUT2D eigenvalue weighted by Gasteiger charge is 2.30. The molecule has 0 aliphatic rings. The highest BCUT2D eigenvalue weighted by Crippen LogP contribution is 2.45. The molecule has 87 heavy (non-hydrogen) atoms. The molecular weight excluding hydrogens is 1150 g/mol. The average molecular weight is 1280 g/mol. The topological polar surface area (TPSA) is 237 Å². The molecule has 0 aromatic heterocycles. The van der Waals surface area contributed by atoms with Crippen molar-refractivity contribution in [1.82, 2.24) is 0 Å². The third kappa shape index (κ3) is 62.6. The molecule has 5 atom stereocenters. The molecule has 2 unspecified atom stereocenters. The normalized spacial score (nSPS) is 14.3. The van der Waals surface area contributed by atoms with E-state index in [1.54, 1.807) is 0 Å². The zero-order chi connectivity index (χ0) is 64.5. The predicted molar refractivity (Wildman–Crippen MR) is 349 cm³/mol. The molecule has 0 aliphatic carbocycles. The van der Waals surface area contributed by atoms with Crippen LogP contribution in [0.4, 0.5) is 0 Å². The Morgan fingerprint density at radius 2 is 0.529 bits per heavy atom. The van der Waals surface area contributed by atoms with Crippen LogP contribution in [0.1, 0.15) is 337 Å². The molecule has 0 aromatic rings. The van der Waals surface area contributed by atoms with Gasteiger partial charge in [-0.1, -0.05) is 286 Å². The fourth-order valence-corrected chi connectivity index (χ4v) is 11.8. The first-order valence-electron chi connectivity index (χ1n) is 35.3. The molecule has 0 saturated heterocycles. The number of rotatable bonds is 66. The second-order valence-corrected chi connectivity index (χ2v) is 28.9. The molecule has 3 N–H and O–H groups in total. The van der Waals surface area contributed by atoms with Crippen LogP contribution in [-0.2, 0) is 65.4 Å². The summed E-state index contributed by atoms with van der Waals surface area (Å²) in [6.07, 6.45) is 41.8. The maximum absolute atomic E-state index is 13.0. The molecule has 0 heterocycles. The molecule has 0 fully saturated rings. The van der Waals surface area contributed by atoms with Gasteiger partial charge in [0.1, 0.15) is 19.3 Å². The van der Waals surface area contributed by atoms with Gasteiger partial charge in [-0.05, 0) is 43.4 Å². The van der Waals surface area contributed by atoms with Crippen LogP contribution in [0, 0.1) is 17.8 Å². The first-order chi connectivity index (χ1) is 41.7. The van der Waals surface area contributed by atoms with Gasteiger partial charge >= 0.3 is 39.5 Å². The lowest BCUT2D eigenvalue weighted by molar-refractivity contribution is -0.161. The summed E-state index contributed by atoms with van der Waals surface area (Å²) in [5.41, 5.74) is 0. The first-order valence-corrected chi connectivity index (χ1v) is 38.3. The molecule has 0 bridgehead atoms. The fraction of sp³-hybridized carbons (Fsp3) is 0.941. The van der Waals surface area contributed by atoms with Crippen molar-refractivity contribution in [3.05, 3.63) is 0 Å². The highest BCUT2D eigenvalue weighted by atomic mass is 31.2. The lowest BCUT2D eigenvalue weighted by Crippen LogP contribution is -2.30. The second-order valence-electron chi connectivity index (χ2n) is 26.0. The molecular formula is C68H132O17P2. The smallest absolute Gasteiger partial charge is 0.462 e. The van der Waals surface area contributed by atoms with Crippen LogP contribution in [-0.4, -0.2) is 96.7 Å². The van der Waals surface area contributed by atoms with E-state index in [1.165, 1.54) is 141 Å². The zero-order valence-electron chi connectivity index (χ0n) is 56.5. The van der Waals surface area contributed by atoms with E-state index < -0.39 is 97.5 Å². The van der Waals surface area contributed by atoms with E-state index in [9.17, 15) is 43.2 Å². The Hall–Kier alpha value is -1.94. The zero-order valence-corrected chi connectivity index (χ0v) is 58.3. The van der Waals surface area contributed by atoms with E-state index in [0.29, 0.717) is 31.6 Å². The molecule has 0 amide bonds. The number of aliphatic hydroxyl groups is 1. The van der Waals surface area contributed by atoms with Gasteiger partial charge in [0.05, 0.1) is 26.4 Å². The summed E-state index contributed by atoms with van der Waals surface area (Å²) < 4.78 is 68.2. The first kappa shape index (κ1) is 85.1. The summed E-state index contributed by atoms with van der Waals surface area (Å²) in [5.74, 6) is 0.0183. The van der Waals surface area contributed by atoms with Gasteiger partial charge in [-0.25, -0.2) is 9.13 Å². The van der Waals surface area contributed by atoms with Crippen LogP contribution in [0.15, 0.2) is 0 Å². The van der Waals surface area contributed by atoms with Crippen LogP contribution in [0.5, 0.6) is 0 Å². The summed E-state index contributed by atoms with van der Waals surface area (Å²) in [7, 11) is -9.90. The summed E-state index contributed by atoms with van der Waals surface area (Å²) in [6, 6.07) is 0. The molecule has 0 aliphatic heterocycles. The number of aliphatic hydroxyl groups excluding tert-OH is 1. The van der Waals surface area contributed by atoms with E-state index in [1.807, 2.05) is 0 Å². The molecule has 0 aromatic carbocycles. The number of phosphoric ester groups is 2. The van der Waals surface area contributed by atoms with Crippen molar-refractivity contribution in [1.29, 1.82) is 0 Å². The van der Waals surface area contributed by atoms with Gasteiger partial charge in [-0.15, -0.1) is 0 Å². The number of phosphoric acid groups is 2. The van der Waals surface area contributed by atoms with Crippen molar-refractivity contribution < 1.29 is 80.2 Å². The molecule has 0 saturated carbocycles. The number of unbranched alkanes of at least 4 members (excludes halogenated alkanes) is 34. The third-order valence-corrected chi connectivity index (χ3v) is 17.5. The van der Waals surface area contributed by atoms with Crippen LogP contribution in [0.3, 0.4) is 0 Å². The Morgan fingerprint density at radius 3 is 0.782 bits per heavy atom. The van der Waals surface area contributed by atoms with Crippen LogP contribution in [0.25, 0.3) is 0 Å². The van der Waals surface area contributed by atoms with E-state index in [4.69, 9.17) is 37.0 Å². The molecule has 0 spiro atoms. The standard InChI is InChI=1S/C68H132O17P2/c1-8-9-10-11-12-13-14-15-16-17-18-19-29-37-44-51-67(72)84-63(55-78-65(70)49-42-35-28-22-20-25-32-39-46-59(2)3)57-82-86(74,75)80-53-62(69)54-81-87(76,77)83-58-64(56-79-66(71)50-43-36-31-24-27-34-41-48-61(6)7)85-68(73)52-45-38-30-23-21-26-33-40-47-60(4)5/h59-64,69H,8-58H2,1-7H3,(H,74,75)(H,76,77)/t62-,63-,64-/m1/s1. The SMILES string of the molecule is CCCCCCCCCCCCCCCCCC(=O)O[C@H](COC(=O)CCCCCCCCCCC(C)C)COP(=O)(O)OC[C@@H](O)COP(=O)(O)OC[C@@H](COC(=O)CCCCCCCCCC(C)C)OC(=O)CCCCCCCCCCC(C)C. The largest absolute Gasteiger partial charge is 0.472 e. The fourth-order valence-electron chi connectivity index (χ4n) is 10.2. The Bertz CT molecular complexity index is 1720. The summed E-state index contributed by atoms with van der Waals surface area (Å²) in [4.78, 5) is 72.4. The van der Waals surface area contributed by atoms with Crippen LogP contribution < -0.4 is 0 Å². The van der Waals surface area contributed by atoms with Crippen molar-refractivity contribution in [2.75, 3.05) is 39.6 Å². The van der Waals surface area contributed by atoms with E-state index in [-0.39, 0.29) is 25.7 Å². The summed E-state index contributed by atoms with van der Waals surface area (Å²) in [5, 5.41) is 10.6. The maximum Gasteiger partial charge on any atom is 0.472 e. The summed E-state index contributed by atoms with van der Waals surface area (Å²) >= 11 is 0. The van der Waals surface area contributed by atoms with Gasteiger partial charge in [0.15, 0.2) is 12.2 Å². The lowest BCUT2D eigenvalue weighted by atomic mass is 10.0. The Kier molecular flexibility index (Phi) is 57.8. The molecule has 0 rings (SSSR count). The average Bonchev–Trinajstić information content (AvgIpc) is 3.68. The monoisotopic (exact) mass is 1280 g/mol. The van der Waals surface area contributed by atoms with Gasteiger partial charge in [0, 0.05) is 25.7 Å². The van der Waals surface area contributed by atoms with Gasteiger partial charge in [0.25, 0.3) is 0 Å². The van der Waals surface area contributed by atoms with Gasteiger partial charge < -0.3 is 33.8 Å². The lowest BCUT2D eigenvalue weighted by Gasteiger charge is -2.21. The molecule has 0 radical (unpaired) electrons. The number of hydrogen-bond acceptors (Lipinski definition) is 15. The van der Waals surface area contributed by atoms with E-state index >= 15 is 0 Å². The van der Waals surface area contributed by atoms with Gasteiger partial charge in [-0.3, -0.25) is 37.3 Å². The minimum Gasteiger partial charge on any atom is -0.462 e. The van der Waals surface area contributed by atoms with Crippen molar-refractivity contribution in [2.24, 2.45) is 17.8 Å². The van der Waals surface area contributed by atoms with E-state index in [2.05, 4.69) is 48.5 Å². The molecule has 19 heteroatoms. The van der Waals surface area contributed by atoms with Crippen LogP contribution >= 0.6 is 15.6 Å². The van der Waals surface area contributed by atoms with Gasteiger partial charge in [0.2, 0.25) is 0 Å². The predicted octanol–water partition coefficient (Wildman–Crippen LogP) is 19.1. The van der Waals surface area contributed by atoms with Crippen molar-refractivity contribution in [2.45, 2.75) is 356 Å². The second kappa shape index (κ2) is 59.1. The van der Waals surface area contributed by atoms with E-state index in [0.717, 1.165) is 108 Å². The van der Waals surface area contributed by atoms with Crippen molar-refractivity contribution in [3.8, 4) is 0 Å². The summed E-state index contributed by atoms with van der Waals surface area (Å²) in [6.45, 7) is 11.7. The molecule has 516 valence electrons. The number of esters is 4. The number of ether oxygens (including phenoxy) is 4. The van der Waals surface area contributed by atoms with Crippen molar-refractivity contribution in [3.63, 3.8) is 0 Å². The Labute approximate surface area is 530 Å². The highest BCUT2D eigenvalue weighted by molar-refractivity contribution is 7.47. The number of carbonyl (C=O) groups excluding carboxylic acids is 4. The molecule has 17 nitrogen and oxygen atoms in total.